The molecule has 3 N–H and O–H groups in total. The van der Waals surface area contributed by atoms with Crippen molar-refractivity contribution >= 4 is 61.6 Å². The van der Waals surface area contributed by atoms with Crippen LogP contribution >= 0.6 is 0 Å². The van der Waals surface area contributed by atoms with E-state index in [1.807, 2.05) is 53.3 Å². The van der Waals surface area contributed by atoms with E-state index in [2.05, 4.69) is 66.2 Å². The number of nitrogens with zero attached hydrogens (tertiary/aromatic N) is 5. The van der Waals surface area contributed by atoms with E-state index >= 15 is 0 Å². The van der Waals surface area contributed by atoms with Gasteiger partial charge in [0.1, 0.15) is 12.1 Å². The summed E-state index contributed by atoms with van der Waals surface area (Å²) in [6.45, 7) is 5.48. The Morgan fingerprint density at radius 1 is 0.854 bits per heavy atom. The van der Waals surface area contributed by atoms with Crippen molar-refractivity contribution in [2.45, 2.75) is 13.0 Å². The van der Waals surface area contributed by atoms with E-state index in [0.717, 1.165) is 77.5 Å². The lowest BCUT2D eigenvalue weighted by molar-refractivity contribution is -0.117. The average Bonchev–Trinajstić information content (AvgIpc) is 3.50. The normalized spacial score (nSPS) is 13.8. The molecule has 0 aliphatic carbocycles. The van der Waals surface area contributed by atoms with E-state index in [-0.39, 0.29) is 5.91 Å². The summed E-state index contributed by atoms with van der Waals surface area (Å²) in [5.74, 6) is -0.105. The third-order valence-corrected chi connectivity index (χ3v) is 8.41. The summed E-state index contributed by atoms with van der Waals surface area (Å²) in [5, 5.41) is 17.7. The minimum Gasteiger partial charge on any atom is -0.379 e. The van der Waals surface area contributed by atoms with Crippen molar-refractivity contribution in [2.24, 2.45) is 0 Å². The number of hydrogen-bond donors (Lipinski definition) is 3. The summed E-state index contributed by atoms with van der Waals surface area (Å²) < 4.78 is 7.38. The van der Waals surface area contributed by atoms with E-state index < -0.39 is 5.91 Å². The first-order chi connectivity index (χ1) is 23.6. The van der Waals surface area contributed by atoms with E-state index in [1.54, 1.807) is 6.07 Å². The van der Waals surface area contributed by atoms with Crippen molar-refractivity contribution in [2.75, 3.05) is 50.0 Å². The van der Waals surface area contributed by atoms with Crippen LogP contribution < -0.4 is 16.0 Å². The number of anilines is 3. The van der Waals surface area contributed by atoms with E-state index in [1.165, 1.54) is 24.0 Å². The van der Waals surface area contributed by atoms with E-state index in [0.29, 0.717) is 24.6 Å². The summed E-state index contributed by atoms with van der Waals surface area (Å²) in [5.41, 5.74) is 4.43. The standard InChI is InChI=1S/C37H36N8O3/c46-35(38-14-5-15-44-16-18-48-19-17-44)12-13-36(47)42-29-10-11-32-31(22-29)37(40-25-39-32)43-33-9-4-8-27-21-34-28(20-30(27)33)23-41-45(34)24-26-6-2-1-3-7-26/h1-4,6-13,20-23,25H,5,14-19,24H2,(H,38,46)(H,42,47)(H,39,40,43)/b13-12+. The van der Waals surface area contributed by atoms with Gasteiger partial charge in [0.2, 0.25) is 11.8 Å². The molecule has 48 heavy (non-hydrogen) atoms. The highest BCUT2D eigenvalue weighted by Crippen LogP contribution is 2.32. The summed E-state index contributed by atoms with van der Waals surface area (Å²) in [6.07, 6.45) is 6.74. The van der Waals surface area contributed by atoms with Gasteiger partial charge in [-0.1, -0.05) is 42.5 Å². The molecule has 2 aromatic heterocycles. The molecule has 2 amide bonds. The monoisotopic (exact) mass is 640 g/mol. The second-order valence-corrected chi connectivity index (χ2v) is 11.7. The Hall–Kier alpha value is -5.65. The highest BCUT2D eigenvalue weighted by molar-refractivity contribution is 6.06. The summed E-state index contributed by atoms with van der Waals surface area (Å²) in [6, 6.07) is 26.1. The number of benzene rings is 4. The second kappa shape index (κ2) is 14.4. The molecule has 1 fully saturated rings. The third-order valence-electron chi connectivity index (χ3n) is 8.41. The summed E-state index contributed by atoms with van der Waals surface area (Å²) >= 11 is 0. The van der Waals surface area contributed by atoms with Crippen LogP contribution in [-0.2, 0) is 20.9 Å². The lowest BCUT2D eigenvalue weighted by atomic mass is 10.1. The number of fused-ring (bicyclic) bond motifs is 3. The lowest BCUT2D eigenvalue weighted by Crippen LogP contribution is -2.38. The number of carbonyl (C=O) groups excluding carboxylic acids is 2. The van der Waals surface area contributed by atoms with Gasteiger partial charge in [-0.15, -0.1) is 0 Å². The fourth-order valence-electron chi connectivity index (χ4n) is 5.94. The molecule has 4 aromatic carbocycles. The molecular formula is C37H36N8O3. The Morgan fingerprint density at radius 2 is 1.71 bits per heavy atom. The van der Waals surface area contributed by atoms with Gasteiger partial charge in [0.25, 0.3) is 0 Å². The minimum atomic E-state index is -0.407. The molecular weight excluding hydrogens is 604 g/mol. The number of nitrogens with one attached hydrogen (secondary N) is 3. The average molecular weight is 641 g/mol. The summed E-state index contributed by atoms with van der Waals surface area (Å²) in [4.78, 5) is 36.2. The zero-order chi connectivity index (χ0) is 32.7. The molecule has 3 heterocycles. The second-order valence-electron chi connectivity index (χ2n) is 11.7. The Morgan fingerprint density at radius 3 is 2.58 bits per heavy atom. The van der Waals surface area contributed by atoms with Crippen molar-refractivity contribution in [3.05, 3.63) is 109 Å². The smallest absolute Gasteiger partial charge is 0.248 e. The molecule has 0 spiro atoms. The highest BCUT2D eigenvalue weighted by Gasteiger charge is 2.12. The van der Waals surface area contributed by atoms with Crippen LogP contribution in [0.4, 0.5) is 17.2 Å². The van der Waals surface area contributed by atoms with Crippen LogP contribution in [0.1, 0.15) is 12.0 Å². The summed E-state index contributed by atoms with van der Waals surface area (Å²) in [7, 11) is 0. The van der Waals surface area contributed by atoms with Crippen molar-refractivity contribution in [1.29, 1.82) is 0 Å². The molecule has 0 bridgehead atoms. The van der Waals surface area contributed by atoms with Gasteiger partial charge in [0, 0.05) is 59.3 Å². The van der Waals surface area contributed by atoms with Crippen LogP contribution in [0.3, 0.4) is 0 Å². The van der Waals surface area contributed by atoms with Crippen molar-refractivity contribution in [3.8, 4) is 0 Å². The first kappa shape index (κ1) is 31.0. The Bertz CT molecular complexity index is 2100. The molecule has 6 aromatic rings. The van der Waals surface area contributed by atoms with Crippen LogP contribution in [0, 0.1) is 0 Å². The van der Waals surface area contributed by atoms with Gasteiger partial charge in [-0.05, 0) is 60.3 Å². The molecule has 1 saturated heterocycles. The molecule has 1 aliphatic rings. The van der Waals surface area contributed by atoms with Gasteiger partial charge in [0.15, 0.2) is 0 Å². The number of hydrogen-bond acceptors (Lipinski definition) is 8. The van der Waals surface area contributed by atoms with Gasteiger partial charge < -0.3 is 20.7 Å². The molecule has 0 saturated carbocycles. The lowest BCUT2D eigenvalue weighted by Gasteiger charge is -2.26. The van der Waals surface area contributed by atoms with Gasteiger partial charge in [-0.2, -0.15) is 5.10 Å². The third kappa shape index (κ3) is 7.33. The zero-order valence-corrected chi connectivity index (χ0v) is 26.4. The van der Waals surface area contributed by atoms with Crippen molar-refractivity contribution in [1.82, 2.24) is 30.0 Å². The number of rotatable bonds is 11. The molecule has 7 rings (SSSR count). The maximum atomic E-state index is 12.7. The minimum absolute atomic E-state index is 0.304. The first-order valence-electron chi connectivity index (χ1n) is 16.1. The predicted molar refractivity (Wildman–Crippen MR) is 188 cm³/mol. The topological polar surface area (TPSA) is 126 Å². The van der Waals surface area contributed by atoms with Crippen LogP contribution in [-0.4, -0.2) is 75.9 Å². The molecule has 1 aliphatic heterocycles. The molecule has 11 nitrogen and oxygen atoms in total. The van der Waals surface area contributed by atoms with Gasteiger partial charge in [-0.3, -0.25) is 19.2 Å². The van der Waals surface area contributed by atoms with Gasteiger partial charge in [-0.25, -0.2) is 9.97 Å². The molecule has 0 radical (unpaired) electrons. The van der Waals surface area contributed by atoms with E-state index in [4.69, 9.17) is 4.74 Å². The number of amides is 2. The van der Waals surface area contributed by atoms with Crippen molar-refractivity contribution < 1.29 is 14.3 Å². The van der Waals surface area contributed by atoms with Gasteiger partial charge >= 0.3 is 0 Å². The SMILES string of the molecule is O=C(/C=C/C(=O)Nc1ccc2ncnc(Nc3cccc4cc5c(cnn5Cc5ccccc5)cc34)c2c1)NCCCN1CCOCC1. The Labute approximate surface area is 277 Å². The largest absolute Gasteiger partial charge is 0.379 e. The predicted octanol–water partition coefficient (Wildman–Crippen LogP) is 5.26. The fraction of sp³-hybridized carbons (Fsp3) is 0.216. The van der Waals surface area contributed by atoms with Crippen LogP contribution in [0.15, 0.2) is 104 Å². The van der Waals surface area contributed by atoms with Crippen LogP contribution in [0.5, 0.6) is 0 Å². The maximum Gasteiger partial charge on any atom is 0.248 e. The molecule has 242 valence electrons. The molecule has 0 atom stereocenters. The zero-order valence-electron chi connectivity index (χ0n) is 26.4. The highest BCUT2D eigenvalue weighted by atomic mass is 16.5. The molecule has 0 unspecified atom stereocenters. The first-order valence-corrected chi connectivity index (χ1v) is 16.1. The van der Waals surface area contributed by atoms with Gasteiger partial charge in [0.05, 0.1) is 37.0 Å². The number of carbonyl (C=O) groups is 2. The van der Waals surface area contributed by atoms with E-state index in [9.17, 15) is 9.59 Å². The Kier molecular flexibility index (Phi) is 9.30. The van der Waals surface area contributed by atoms with Crippen LogP contribution in [0.25, 0.3) is 32.6 Å². The molecule has 11 heteroatoms. The number of aromatic nitrogens is 4. The Balaban J connectivity index is 1.03. The quantitative estimate of drug-likeness (QED) is 0.129. The fourth-order valence-corrected chi connectivity index (χ4v) is 5.94. The van der Waals surface area contributed by atoms with Crippen molar-refractivity contribution in [3.63, 3.8) is 0 Å². The number of ether oxygens (including phenoxy) is 1. The van der Waals surface area contributed by atoms with Crippen LogP contribution in [0.2, 0.25) is 0 Å². The number of morpholine rings is 1. The maximum absolute atomic E-state index is 12.7.